The van der Waals surface area contributed by atoms with E-state index >= 15 is 0 Å². The lowest BCUT2D eigenvalue weighted by molar-refractivity contribution is -0.124. The minimum Gasteiger partial charge on any atom is -0.351 e. The third-order valence-electron chi connectivity index (χ3n) is 6.59. The molecule has 2 heterocycles. The van der Waals surface area contributed by atoms with Gasteiger partial charge in [-0.05, 0) is 53.6 Å². The standard InChI is InChI=1S/C26H25ClN2O2S/c27-18-13-11-17(12-14-18)16-28-25(30)23-20-8-3-4-9-21(20)26(31)29(19-6-1-2-7-19)24(23)22-10-5-15-32-22/h3-5,8-15,19,23-24H,1-2,6-7,16H2,(H,28,30)/t23-,24-/m1/s1. The molecule has 1 aliphatic carbocycles. The molecule has 1 aromatic heterocycles. The van der Waals surface area contributed by atoms with Crippen LogP contribution in [-0.4, -0.2) is 22.8 Å². The summed E-state index contributed by atoms with van der Waals surface area (Å²) >= 11 is 7.61. The van der Waals surface area contributed by atoms with Gasteiger partial charge in [0.2, 0.25) is 5.91 Å². The van der Waals surface area contributed by atoms with Crippen LogP contribution < -0.4 is 5.32 Å². The Bertz CT molecular complexity index is 1110. The van der Waals surface area contributed by atoms with E-state index in [4.69, 9.17) is 11.6 Å². The van der Waals surface area contributed by atoms with Crippen LogP contribution in [0.25, 0.3) is 0 Å². The number of halogens is 1. The molecule has 164 valence electrons. The first kappa shape index (κ1) is 21.2. The van der Waals surface area contributed by atoms with Crippen molar-refractivity contribution < 1.29 is 9.59 Å². The second-order valence-corrected chi connectivity index (χ2v) is 9.94. The number of rotatable bonds is 5. The summed E-state index contributed by atoms with van der Waals surface area (Å²) in [5.41, 5.74) is 2.46. The lowest BCUT2D eigenvalue weighted by atomic mass is 9.80. The smallest absolute Gasteiger partial charge is 0.254 e. The molecule has 0 bridgehead atoms. The van der Waals surface area contributed by atoms with Gasteiger partial charge in [-0.2, -0.15) is 0 Å². The van der Waals surface area contributed by atoms with E-state index in [1.54, 1.807) is 11.3 Å². The van der Waals surface area contributed by atoms with Crippen LogP contribution in [0.1, 0.15) is 64.0 Å². The summed E-state index contributed by atoms with van der Waals surface area (Å²) in [5.74, 6) is -0.454. The van der Waals surface area contributed by atoms with Gasteiger partial charge in [-0.1, -0.05) is 60.8 Å². The van der Waals surface area contributed by atoms with Crippen LogP contribution in [0, 0.1) is 0 Å². The molecule has 32 heavy (non-hydrogen) atoms. The maximum Gasteiger partial charge on any atom is 0.254 e. The largest absolute Gasteiger partial charge is 0.351 e. The molecule has 2 aromatic carbocycles. The van der Waals surface area contributed by atoms with E-state index in [2.05, 4.69) is 11.4 Å². The molecule has 1 N–H and O–H groups in total. The van der Waals surface area contributed by atoms with E-state index in [0.29, 0.717) is 17.1 Å². The van der Waals surface area contributed by atoms with E-state index in [0.717, 1.165) is 41.7 Å². The minimum atomic E-state index is -0.449. The van der Waals surface area contributed by atoms with Gasteiger partial charge in [0.05, 0.1) is 12.0 Å². The highest BCUT2D eigenvalue weighted by molar-refractivity contribution is 7.10. The normalized spacial score (nSPS) is 20.9. The van der Waals surface area contributed by atoms with Gasteiger partial charge >= 0.3 is 0 Å². The molecule has 0 unspecified atom stereocenters. The van der Waals surface area contributed by atoms with Crippen LogP contribution >= 0.6 is 22.9 Å². The molecule has 4 nitrogen and oxygen atoms in total. The molecule has 5 rings (SSSR count). The minimum absolute atomic E-state index is 0.0488. The number of nitrogens with one attached hydrogen (secondary N) is 1. The van der Waals surface area contributed by atoms with Crippen LogP contribution in [0.5, 0.6) is 0 Å². The summed E-state index contributed by atoms with van der Waals surface area (Å²) in [6.07, 6.45) is 4.24. The highest BCUT2D eigenvalue weighted by Gasteiger charge is 2.47. The number of benzene rings is 2. The van der Waals surface area contributed by atoms with Gasteiger partial charge in [0.15, 0.2) is 0 Å². The Balaban J connectivity index is 1.53. The van der Waals surface area contributed by atoms with Crippen molar-refractivity contribution in [2.24, 2.45) is 0 Å². The fraction of sp³-hybridized carbons (Fsp3) is 0.308. The van der Waals surface area contributed by atoms with E-state index in [1.807, 2.05) is 64.9 Å². The number of fused-ring (bicyclic) bond motifs is 1. The Morgan fingerprint density at radius 2 is 1.78 bits per heavy atom. The molecule has 0 saturated heterocycles. The monoisotopic (exact) mass is 464 g/mol. The summed E-state index contributed by atoms with van der Waals surface area (Å²) < 4.78 is 0. The van der Waals surface area contributed by atoms with E-state index in [9.17, 15) is 9.59 Å². The van der Waals surface area contributed by atoms with E-state index < -0.39 is 5.92 Å². The van der Waals surface area contributed by atoms with Crippen LogP contribution in [0.15, 0.2) is 66.0 Å². The molecule has 0 spiro atoms. The summed E-state index contributed by atoms with van der Waals surface area (Å²) in [6, 6.07) is 19.0. The van der Waals surface area contributed by atoms with Crippen molar-refractivity contribution in [2.75, 3.05) is 0 Å². The average molecular weight is 465 g/mol. The molecule has 1 aliphatic heterocycles. The number of carbonyl (C=O) groups excluding carboxylic acids is 2. The van der Waals surface area contributed by atoms with Crippen LogP contribution in [0.4, 0.5) is 0 Å². The van der Waals surface area contributed by atoms with Gasteiger partial charge in [-0.15, -0.1) is 11.3 Å². The van der Waals surface area contributed by atoms with Gasteiger partial charge in [0.25, 0.3) is 5.91 Å². The first-order valence-corrected chi connectivity index (χ1v) is 12.4. The maximum absolute atomic E-state index is 13.7. The zero-order valence-corrected chi connectivity index (χ0v) is 19.2. The molecule has 3 aromatic rings. The molecule has 2 atom stereocenters. The van der Waals surface area contributed by atoms with Gasteiger partial charge in [0, 0.05) is 28.0 Å². The van der Waals surface area contributed by atoms with Crippen molar-refractivity contribution in [1.29, 1.82) is 0 Å². The number of hydrogen-bond donors (Lipinski definition) is 1. The summed E-state index contributed by atoms with van der Waals surface area (Å²) in [5, 5.41) is 5.83. The molecular weight excluding hydrogens is 440 g/mol. The number of thiophene rings is 1. The highest BCUT2D eigenvalue weighted by atomic mass is 35.5. The number of amides is 2. The molecule has 1 saturated carbocycles. The third-order valence-corrected chi connectivity index (χ3v) is 7.79. The Hall–Kier alpha value is -2.63. The Morgan fingerprint density at radius 1 is 1.03 bits per heavy atom. The van der Waals surface area contributed by atoms with Gasteiger partial charge < -0.3 is 10.2 Å². The summed E-state index contributed by atoms with van der Waals surface area (Å²) in [7, 11) is 0. The van der Waals surface area contributed by atoms with Crippen molar-refractivity contribution in [1.82, 2.24) is 10.2 Å². The zero-order chi connectivity index (χ0) is 22.1. The Morgan fingerprint density at radius 3 is 2.50 bits per heavy atom. The molecule has 2 amide bonds. The lowest BCUT2D eigenvalue weighted by Gasteiger charge is -2.44. The summed E-state index contributed by atoms with van der Waals surface area (Å²) in [6.45, 7) is 0.420. The lowest BCUT2D eigenvalue weighted by Crippen LogP contribution is -2.50. The Kier molecular flexibility index (Phi) is 6.03. The SMILES string of the molecule is O=C(NCc1ccc(Cl)cc1)[C@@H]1c2ccccc2C(=O)N(C2CCCC2)[C@@H]1c1cccs1. The first-order chi connectivity index (χ1) is 15.6. The topological polar surface area (TPSA) is 49.4 Å². The molecule has 2 aliphatic rings. The number of nitrogens with zero attached hydrogens (tertiary/aromatic N) is 1. The van der Waals surface area contributed by atoms with Crippen LogP contribution in [0.2, 0.25) is 5.02 Å². The van der Waals surface area contributed by atoms with Crippen LogP contribution in [-0.2, 0) is 11.3 Å². The van der Waals surface area contributed by atoms with Gasteiger partial charge in [0.1, 0.15) is 0 Å². The second-order valence-electron chi connectivity index (χ2n) is 8.52. The predicted octanol–water partition coefficient (Wildman–Crippen LogP) is 5.94. The molecule has 1 fully saturated rings. The van der Waals surface area contributed by atoms with Gasteiger partial charge in [-0.25, -0.2) is 0 Å². The van der Waals surface area contributed by atoms with E-state index in [1.165, 1.54) is 0 Å². The summed E-state index contributed by atoms with van der Waals surface area (Å²) in [4.78, 5) is 30.5. The van der Waals surface area contributed by atoms with Crippen molar-refractivity contribution in [2.45, 2.75) is 50.2 Å². The second kappa shape index (κ2) is 9.08. The quantitative estimate of drug-likeness (QED) is 0.507. The predicted molar refractivity (Wildman–Crippen MR) is 128 cm³/mol. The first-order valence-electron chi connectivity index (χ1n) is 11.1. The maximum atomic E-state index is 13.7. The highest BCUT2D eigenvalue weighted by Crippen LogP contribution is 2.47. The average Bonchev–Trinajstić information content (AvgIpc) is 3.53. The number of carbonyl (C=O) groups is 2. The fourth-order valence-electron chi connectivity index (χ4n) is 5.08. The van der Waals surface area contributed by atoms with Crippen molar-refractivity contribution >= 4 is 34.8 Å². The molecular formula is C26H25ClN2O2S. The molecule has 0 radical (unpaired) electrons. The number of hydrogen-bond acceptors (Lipinski definition) is 3. The third kappa shape index (κ3) is 3.96. The Labute approximate surface area is 197 Å². The van der Waals surface area contributed by atoms with Crippen molar-refractivity contribution in [3.63, 3.8) is 0 Å². The van der Waals surface area contributed by atoms with Crippen LogP contribution in [0.3, 0.4) is 0 Å². The molecule has 6 heteroatoms. The fourth-order valence-corrected chi connectivity index (χ4v) is 6.07. The van der Waals surface area contributed by atoms with Crippen molar-refractivity contribution in [3.8, 4) is 0 Å². The zero-order valence-electron chi connectivity index (χ0n) is 17.7. The van der Waals surface area contributed by atoms with E-state index in [-0.39, 0.29) is 23.9 Å². The van der Waals surface area contributed by atoms with Gasteiger partial charge in [-0.3, -0.25) is 9.59 Å². The van der Waals surface area contributed by atoms with Crippen molar-refractivity contribution in [3.05, 3.63) is 92.6 Å².